The summed E-state index contributed by atoms with van der Waals surface area (Å²) in [5.74, 6) is 0.217. The van der Waals surface area contributed by atoms with Crippen molar-refractivity contribution in [2.24, 2.45) is 0 Å². The highest BCUT2D eigenvalue weighted by Gasteiger charge is 2.12. The van der Waals surface area contributed by atoms with Crippen LogP contribution in [0, 0.1) is 0 Å². The molecule has 4 heteroatoms. The predicted molar refractivity (Wildman–Crippen MR) is 107 cm³/mol. The van der Waals surface area contributed by atoms with E-state index in [1.54, 1.807) is 12.1 Å². The van der Waals surface area contributed by atoms with E-state index in [4.69, 9.17) is 4.74 Å². The van der Waals surface area contributed by atoms with Crippen LogP contribution in [0.1, 0.15) is 6.92 Å². The van der Waals surface area contributed by atoms with E-state index in [-0.39, 0.29) is 5.97 Å². The van der Waals surface area contributed by atoms with Crippen molar-refractivity contribution in [3.05, 3.63) is 78.9 Å². The lowest BCUT2D eigenvalue weighted by Gasteiger charge is -2.26. The Labute approximate surface area is 154 Å². The molecule has 132 valence electrons. The summed E-state index contributed by atoms with van der Waals surface area (Å²) in [4.78, 5) is 15.4. The van der Waals surface area contributed by atoms with Gasteiger partial charge >= 0.3 is 5.97 Å². The number of ether oxygens (including phenoxy) is 1. The van der Waals surface area contributed by atoms with Crippen LogP contribution in [-0.2, 0) is 4.79 Å². The van der Waals surface area contributed by atoms with Gasteiger partial charge in [-0.15, -0.1) is 0 Å². The maximum absolute atomic E-state index is 11.1. The van der Waals surface area contributed by atoms with Crippen molar-refractivity contribution < 1.29 is 9.53 Å². The lowest BCUT2D eigenvalue weighted by atomic mass is 10.1. The Balaban J connectivity index is 2.00. The van der Waals surface area contributed by atoms with Gasteiger partial charge in [-0.05, 0) is 60.7 Å². The van der Waals surface area contributed by atoms with Crippen LogP contribution in [-0.4, -0.2) is 20.1 Å². The topological polar surface area (TPSA) is 32.8 Å². The van der Waals surface area contributed by atoms with E-state index in [0.29, 0.717) is 5.75 Å². The van der Waals surface area contributed by atoms with E-state index in [1.165, 1.54) is 6.92 Å². The van der Waals surface area contributed by atoms with Crippen molar-refractivity contribution >= 4 is 28.7 Å². The van der Waals surface area contributed by atoms with Gasteiger partial charge in [0.1, 0.15) is 5.75 Å². The summed E-state index contributed by atoms with van der Waals surface area (Å²) in [6.07, 6.45) is 0. The molecule has 0 atom stereocenters. The Morgan fingerprint density at radius 1 is 0.692 bits per heavy atom. The van der Waals surface area contributed by atoms with E-state index < -0.39 is 0 Å². The summed E-state index contributed by atoms with van der Waals surface area (Å²) in [7, 11) is 4.05. The predicted octanol–water partition coefficient (Wildman–Crippen LogP) is 5.15. The van der Waals surface area contributed by atoms with Crippen LogP contribution >= 0.6 is 0 Å². The fourth-order valence-corrected chi connectivity index (χ4v) is 2.75. The minimum absolute atomic E-state index is 0.322. The van der Waals surface area contributed by atoms with E-state index in [0.717, 1.165) is 22.7 Å². The summed E-state index contributed by atoms with van der Waals surface area (Å²) in [6.45, 7) is 1.40. The number of carbonyl (C=O) groups is 1. The van der Waals surface area contributed by atoms with Gasteiger partial charge in [0.2, 0.25) is 0 Å². The highest BCUT2D eigenvalue weighted by Crippen LogP contribution is 2.35. The van der Waals surface area contributed by atoms with Crippen LogP contribution in [0.25, 0.3) is 0 Å². The standard InChI is InChI=1S/C22H22N2O2/c1-17(25)26-22-15-13-21(14-16-22)24(19-7-5-4-6-8-19)20-11-9-18(10-12-20)23(2)3/h4-16H,1-3H3. The molecule has 0 unspecified atom stereocenters. The molecular weight excluding hydrogens is 324 g/mol. The normalized spacial score (nSPS) is 10.3. The molecule has 3 rings (SSSR count). The van der Waals surface area contributed by atoms with Gasteiger partial charge in [-0.3, -0.25) is 4.79 Å². The highest BCUT2D eigenvalue weighted by atomic mass is 16.5. The lowest BCUT2D eigenvalue weighted by molar-refractivity contribution is -0.131. The third-order valence-electron chi connectivity index (χ3n) is 4.00. The van der Waals surface area contributed by atoms with Crippen molar-refractivity contribution in [3.8, 4) is 5.75 Å². The monoisotopic (exact) mass is 346 g/mol. The Morgan fingerprint density at radius 2 is 1.15 bits per heavy atom. The van der Waals surface area contributed by atoms with Crippen molar-refractivity contribution in [1.82, 2.24) is 0 Å². The van der Waals surface area contributed by atoms with Crippen molar-refractivity contribution in [2.75, 3.05) is 23.9 Å². The first-order chi connectivity index (χ1) is 12.5. The van der Waals surface area contributed by atoms with Gasteiger partial charge < -0.3 is 14.5 Å². The van der Waals surface area contributed by atoms with E-state index in [2.05, 4.69) is 46.2 Å². The molecule has 0 aliphatic carbocycles. The Bertz CT molecular complexity index is 857. The largest absolute Gasteiger partial charge is 0.427 e. The van der Waals surface area contributed by atoms with Gasteiger partial charge in [-0.1, -0.05) is 18.2 Å². The first-order valence-electron chi connectivity index (χ1n) is 8.45. The van der Waals surface area contributed by atoms with Crippen molar-refractivity contribution in [2.45, 2.75) is 6.92 Å². The van der Waals surface area contributed by atoms with Crippen LogP contribution in [0.4, 0.5) is 22.7 Å². The van der Waals surface area contributed by atoms with Gasteiger partial charge in [0.05, 0.1) is 0 Å². The number of benzene rings is 3. The van der Waals surface area contributed by atoms with Crippen LogP contribution in [0.3, 0.4) is 0 Å². The molecule has 0 aliphatic rings. The van der Waals surface area contributed by atoms with Gasteiger partial charge in [0.15, 0.2) is 0 Å². The van der Waals surface area contributed by atoms with Gasteiger partial charge in [-0.25, -0.2) is 0 Å². The zero-order valence-corrected chi connectivity index (χ0v) is 15.2. The molecule has 0 aromatic heterocycles. The molecule has 4 nitrogen and oxygen atoms in total. The molecule has 0 radical (unpaired) electrons. The van der Waals surface area contributed by atoms with Crippen molar-refractivity contribution in [3.63, 3.8) is 0 Å². The third-order valence-corrected chi connectivity index (χ3v) is 4.00. The van der Waals surface area contributed by atoms with Gasteiger partial charge in [-0.2, -0.15) is 0 Å². The Kier molecular flexibility index (Phi) is 5.23. The summed E-state index contributed by atoms with van der Waals surface area (Å²) in [6, 6.07) is 26.1. The quantitative estimate of drug-likeness (QED) is 0.472. The van der Waals surface area contributed by atoms with E-state index in [9.17, 15) is 4.79 Å². The molecule has 0 spiro atoms. The lowest BCUT2D eigenvalue weighted by Crippen LogP contribution is -2.11. The number of hydrogen-bond acceptors (Lipinski definition) is 4. The number of nitrogens with zero attached hydrogens (tertiary/aromatic N) is 2. The first kappa shape index (κ1) is 17.5. The molecule has 26 heavy (non-hydrogen) atoms. The average Bonchev–Trinajstić information content (AvgIpc) is 2.64. The summed E-state index contributed by atoms with van der Waals surface area (Å²) >= 11 is 0. The minimum Gasteiger partial charge on any atom is -0.427 e. The minimum atomic E-state index is -0.322. The van der Waals surface area contributed by atoms with Crippen LogP contribution in [0.2, 0.25) is 0 Å². The molecule has 3 aromatic rings. The molecule has 0 N–H and O–H groups in total. The smallest absolute Gasteiger partial charge is 0.308 e. The first-order valence-corrected chi connectivity index (χ1v) is 8.45. The molecule has 0 heterocycles. The third kappa shape index (κ3) is 4.03. The molecular formula is C22H22N2O2. The zero-order chi connectivity index (χ0) is 18.5. The SMILES string of the molecule is CC(=O)Oc1ccc(N(c2ccccc2)c2ccc(N(C)C)cc2)cc1. The number of hydrogen-bond donors (Lipinski definition) is 0. The van der Waals surface area contributed by atoms with Gasteiger partial charge in [0.25, 0.3) is 0 Å². The van der Waals surface area contributed by atoms with Crippen molar-refractivity contribution in [1.29, 1.82) is 0 Å². The summed E-state index contributed by atoms with van der Waals surface area (Å²) in [5, 5.41) is 0. The second-order valence-electron chi connectivity index (χ2n) is 6.17. The summed E-state index contributed by atoms with van der Waals surface area (Å²) < 4.78 is 5.14. The average molecular weight is 346 g/mol. The van der Waals surface area contributed by atoms with E-state index in [1.807, 2.05) is 44.4 Å². The van der Waals surface area contributed by atoms with E-state index >= 15 is 0 Å². The van der Waals surface area contributed by atoms with Crippen LogP contribution < -0.4 is 14.5 Å². The molecule has 0 saturated carbocycles. The second-order valence-corrected chi connectivity index (χ2v) is 6.17. The fourth-order valence-electron chi connectivity index (χ4n) is 2.75. The molecule has 0 fully saturated rings. The van der Waals surface area contributed by atoms with Crippen LogP contribution in [0.5, 0.6) is 5.75 Å². The number of rotatable bonds is 5. The fraction of sp³-hybridized carbons (Fsp3) is 0.136. The number of anilines is 4. The van der Waals surface area contributed by atoms with Crippen LogP contribution in [0.15, 0.2) is 78.9 Å². The highest BCUT2D eigenvalue weighted by molar-refractivity contribution is 5.78. The maximum atomic E-state index is 11.1. The summed E-state index contributed by atoms with van der Waals surface area (Å²) in [5.41, 5.74) is 4.25. The molecule has 0 aliphatic heterocycles. The molecule has 0 saturated heterocycles. The molecule has 0 bridgehead atoms. The molecule has 0 amide bonds. The maximum Gasteiger partial charge on any atom is 0.308 e. The molecule has 3 aromatic carbocycles. The zero-order valence-electron chi connectivity index (χ0n) is 15.2. The Morgan fingerprint density at radius 3 is 1.65 bits per heavy atom. The number of carbonyl (C=O) groups excluding carboxylic acids is 1. The second kappa shape index (κ2) is 7.74. The Hall–Kier alpha value is -3.27. The number of esters is 1. The van der Waals surface area contributed by atoms with Gasteiger partial charge in [0, 0.05) is 43.8 Å². The number of para-hydroxylation sites is 1.